The molecule has 0 atom stereocenters. The van der Waals surface area contributed by atoms with E-state index in [1.54, 1.807) is 30.3 Å². The third-order valence-electron chi connectivity index (χ3n) is 5.25. The number of benzene rings is 3. The van der Waals surface area contributed by atoms with E-state index in [-0.39, 0.29) is 11.7 Å². The van der Waals surface area contributed by atoms with Crippen LogP contribution >= 0.6 is 15.9 Å². The van der Waals surface area contributed by atoms with Crippen molar-refractivity contribution in [2.45, 2.75) is 39.9 Å². The van der Waals surface area contributed by atoms with Crippen LogP contribution in [0, 0.1) is 11.3 Å². The van der Waals surface area contributed by atoms with Gasteiger partial charge in [-0.3, -0.25) is 4.79 Å². The summed E-state index contributed by atoms with van der Waals surface area (Å²) in [5.41, 5.74) is 2.98. The number of ether oxygens (including phenoxy) is 3. The Balaban J connectivity index is 1.89. The molecule has 6 nitrogen and oxygen atoms in total. The molecule has 0 aliphatic carbocycles. The number of carbonyl (C=O) groups excluding carboxylic acids is 1. The molecule has 0 fully saturated rings. The second-order valence-corrected chi connectivity index (χ2v) is 9.58. The molecular weight excluding hydrogens is 544 g/mol. The lowest BCUT2D eigenvalue weighted by Gasteiger charge is -2.17. The first-order valence-corrected chi connectivity index (χ1v) is 13.1. The standard InChI is InChI=1S/C31H31BrN2O4/c1-5-8-24-15-23(17-29(36-6-2)30(24)37-20-22-11-13-26(32)14-12-22)16-25(19-33)31(35)34-27-9-7-10-28(18-27)38-21(3)4/h5,7,9-18,21H,1,6,8,20H2,2-4H3,(H,34,35)/b25-16-. The number of nitrogens with one attached hydrogen (secondary N) is 1. The fraction of sp³-hybridized carbons (Fsp3) is 0.226. The van der Waals surface area contributed by atoms with Gasteiger partial charge in [0.25, 0.3) is 5.91 Å². The lowest BCUT2D eigenvalue weighted by molar-refractivity contribution is -0.112. The van der Waals surface area contributed by atoms with Crippen LogP contribution in [0.2, 0.25) is 0 Å². The first kappa shape index (κ1) is 28.5. The molecular formula is C31H31BrN2O4. The first-order chi connectivity index (χ1) is 18.3. The van der Waals surface area contributed by atoms with Crippen LogP contribution in [0.3, 0.4) is 0 Å². The summed E-state index contributed by atoms with van der Waals surface area (Å²) in [6, 6.07) is 20.6. The van der Waals surface area contributed by atoms with Gasteiger partial charge in [-0.1, -0.05) is 40.2 Å². The van der Waals surface area contributed by atoms with Crippen molar-refractivity contribution in [2.24, 2.45) is 0 Å². The van der Waals surface area contributed by atoms with Gasteiger partial charge < -0.3 is 19.5 Å². The minimum absolute atomic E-state index is 0.00151. The second-order valence-electron chi connectivity index (χ2n) is 8.67. The molecule has 3 aromatic carbocycles. The first-order valence-electron chi connectivity index (χ1n) is 12.3. The van der Waals surface area contributed by atoms with Crippen LogP contribution in [0.1, 0.15) is 37.5 Å². The van der Waals surface area contributed by atoms with Crippen molar-refractivity contribution in [3.8, 4) is 23.3 Å². The molecule has 0 heterocycles. The Hall–Kier alpha value is -4.02. The maximum absolute atomic E-state index is 12.9. The van der Waals surface area contributed by atoms with Crippen LogP contribution in [-0.4, -0.2) is 18.6 Å². The van der Waals surface area contributed by atoms with E-state index in [0.717, 1.165) is 15.6 Å². The van der Waals surface area contributed by atoms with Gasteiger partial charge in [0.1, 0.15) is 24.0 Å². The van der Waals surface area contributed by atoms with Crippen molar-refractivity contribution in [1.82, 2.24) is 0 Å². The van der Waals surface area contributed by atoms with Gasteiger partial charge >= 0.3 is 0 Å². The molecule has 0 aromatic heterocycles. The minimum Gasteiger partial charge on any atom is -0.491 e. The van der Waals surface area contributed by atoms with Crippen molar-refractivity contribution in [2.75, 3.05) is 11.9 Å². The highest BCUT2D eigenvalue weighted by Crippen LogP contribution is 2.35. The molecule has 1 N–H and O–H groups in total. The van der Waals surface area contributed by atoms with Crippen molar-refractivity contribution < 1.29 is 19.0 Å². The van der Waals surface area contributed by atoms with Crippen LogP contribution in [0.25, 0.3) is 6.08 Å². The smallest absolute Gasteiger partial charge is 0.266 e. The van der Waals surface area contributed by atoms with Crippen molar-refractivity contribution in [1.29, 1.82) is 5.26 Å². The molecule has 0 saturated heterocycles. The topological polar surface area (TPSA) is 80.6 Å². The van der Waals surface area contributed by atoms with Gasteiger partial charge in [-0.25, -0.2) is 0 Å². The number of nitriles is 1. The summed E-state index contributed by atoms with van der Waals surface area (Å²) in [5, 5.41) is 12.5. The van der Waals surface area contributed by atoms with E-state index in [2.05, 4.69) is 27.8 Å². The number of rotatable bonds is 12. The van der Waals surface area contributed by atoms with Crippen LogP contribution in [0.5, 0.6) is 17.2 Å². The average Bonchev–Trinajstić information content (AvgIpc) is 2.88. The third-order valence-corrected chi connectivity index (χ3v) is 5.78. The zero-order valence-corrected chi connectivity index (χ0v) is 23.4. The Morgan fingerprint density at radius 1 is 1.13 bits per heavy atom. The van der Waals surface area contributed by atoms with Gasteiger partial charge in [0.05, 0.1) is 12.7 Å². The van der Waals surface area contributed by atoms with Crippen LogP contribution in [-0.2, 0) is 17.8 Å². The van der Waals surface area contributed by atoms with Gasteiger partial charge in [-0.05, 0) is 80.8 Å². The highest BCUT2D eigenvalue weighted by molar-refractivity contribution is 9.10. The summed E-state index contributed by atoms with van der Waals surface area (Å²) in [7, 11) is 0. The largest absolute Gasteiger partial charge is 0.491 e. The Morgan fingerprint density at radius 2 is 1.89 bits per heavy atom. The lowest BCUT2D eigenvalue weighted by atomic mass is 10.0. The lowest BCUT2D eigenvalue weighted by Crippen LogP contribution is -2.14. The molecule has 38 heavy (non-hydrogen) atoms. The van der Waals surface area contributed by atoms with Crippen LogP contribution in [0.15, 0.2) is 83.4 Å². The van der Waals surface area contributed by atoms with Crippen molar-refractivity contribution in [3.63, 3.8) is 0 Å². The predicted molar refractivity (Wildman–Crippen MR) is 154 cm³/mol. The van der Waals surface area contributed by atoms with Gasteiger partial charge in [-0.2, -0.15) is 5.26 Å². The van der Waals surface area contributed by atoms with E-state index < -0.39 is 5.91 Å². The predicted octanol–water partition coefficient (Wildman–Crippen LogP) is 7.49. The van der Waals surface area contributed by atoms with Crippen molar-refractivity contribution in [3.05, 3.63) is 100 Å². The van der Waals surface area contributed by atoms with E-state index in [1.165, 1.54) is 6.08 Å². The normalized spacial score (nSPS) is 11.0. The summed E-state index contributed by atoms with van der Waals surface area (Å²) in [4.78, 5) is 12.9. The molecule has 0 bridgehead atoms. The molecule has 3 aromatic rings. The van der Waals surface area contributed by atoms with E-state index in [0.29, 0.717) is 48.1 Å². The Bertz CT molecular complexity index is 1340. The van der Waals surface area contributed by atoms with E-state index >= 15 is 0 Å². The van der Waals surface area contributed by atoms with Gasteiger partial charge in [0.2, 0.25) is 0 Å². The molecule has 0 aliphatic heterocycles. The summed E-state index contributed by atoms with van der Waals surface area (Å²) in [5.74, 6) is 1.26. The number of hydrogen-bond donors (Lipinski definition) is 1. The van der Waals surface area contributed by atoms with Gasteiger partial charge in [0, 0.05) is 21.8 Å². The van der Waals surface area contributed by atoms with Gasteiger partial charge in [0.15, 0.2) is 11.5 Å². The van der Waals surface area contributed by atoms with Crippen molar-refractivity contribution >= 4 is 33.6 Å². The highest BCUT2D eigenvalue weighted by atomic mass is 79.9. The van der Waals surface area contributed by atoms with Crippen LogP contribution in [0.4, 0.5) is 5.69 Å². The molecule has 0 spiro atoms. The molecule has 0 saturated carbocycles. The molecule has 0 aliphatic rings. The maximum atomic E-state index is 12.9. The molecule has 3 rings (SSSR count). The monoisotopic (exact) mass is 574 g/mol. The Morgan fingerprint density at radius 3 is 2.55 bits per heavy atom. The number of allylic oxidation sites excluding steroid dienone is 1. The quantitative estimate of drug-likeness (QED) is 0.138. The Kier molecular flexibility index (Phi) is 10.6. The minimum atomic E-state index is -0.520. The number of halogens is 1. The van der Waals surface area contributed by atoms with E-state index in [9.17, 15) is 10.1 Å². The van der Waals surface area contributed by atoms with Crippen LogP contribution < -0.4 is 19.5 Å². The third kappa shape index (κ3) is 8.25. The maximum Gasteiger partial charge on any atom is 0.266 e. The van der Waals surface area contributed by atoms with Gasteiger partial charge in [-0.15, -0.1) is 6.58 Å². The number of amides is 1. The molecule has 1 amide bonds. The molecule has 196 valence electrons. The molecule has 7 heteroatoms. The number of nitrogens with zero attached hydrogens (tertiary/aromatic N) is 1. The fourth-order valence-corrected chi connectivity index (χ4v) is 3.93. The fourth-order valence-electron chi connectivity index (χ4n) is 3.67. The highest BCUT2D eigenvalue weighted by Gasteiger charge is 2.16. The van der Waals surface area contributed by atoms with E-state index in [1.807, 2.05) is 63.2 Å². The number of anilines is 1. The number of hydrogen-bond acceptors (Lipinski definition) is 5. The zero-order valence-electron chi connectivity index (χ0n) is 21.8. The average molecular weight is 576 g/mol. The SMILES string of the molecule is C=CCc1cc(/C=C(/C#N)C(=O)Nc2cccc(OC(C)C)c2)cc(OCC)c1OCc1ccc(Br)cc1. The Labute approximate surface area is 232 Å². The summed E-state index contributed by atoms with van der Waals surface area (Å²) >= 11 is 3.44. The zero-order chi connectivity index (χ0) is 27.5. The summed E-state index contributed by atoms with van der Waals surface area (Å²) < 4.78 is 18.8. The summed E-state index contributed by atoms with van der Waals surface area (Å²) in [6.07, 6.45) is 3.84. The molecule has 0 unspecified atom stereocenters. The number of carbonyl (C=O) groups is 1. The van der Waals surface area contributed by atoms with E-state index in [4.69, 9.17) is 14.2 Å². The second kappa shape index (κ2) is 14.1. The molecule has 0 radical (unpaired) electrons. The summed E-state index contributed by atoms with van der Waals surface area (Å²) in [6.45, 7) is 10.4.